The lowest BCUT2D eigenvalue weighted by Crippen LogP contribution is -2.38. The summed E-state index contributed by atoms with van der Waals surface area (Å²) in [5.41, 5.74) is 0.830. The summed E-state index contributed by atoms with van der Waals surface area (Å²) >= 11 is 2.39. The van der Waals surface area contributed by atoms with E-state index in [1.807, 2.05) is 67.6 Å². The van der Waals surface area contributed by atoms with Crippen molar-refractivity contribution in [1.29, 1.82) is 0 Å². The van der Waals surface area contributed by atoms with E-state index < -0.39 is 12.1 Å². The number of esters is 2. The molecular formula is C98H138INO8. The van der Waals surface area contributed by atoms with Crippen molar-refractivity contribution in [3.05, 3.63) is 315 Å². The van der Waals surface area contributed by atoms with Gasteiger partial charge in [0.15, 0.2) is 0 Å². The molecule has 0 bridgehead atoms. The van der Waals surface area contributed by atoms with Crippen LogP contribution in [0.25, 0.3) is 0 Å². The molecule has 0 aliphatic carbocycles. The number of amides is 1. The summed E-state index contributed by atoms with van der Waals surface area (Å²) in [5.74, 6) is -0.828. The highest BCUT2D eigenvalue weighted by Gasteiger charge is 2.28. The molecule has 3 unspecified atom stereocenters. The van der Waals surface area contributed by atoms with Gasteiger partial charge in [0.2, 0.25) is 5.91 Å². The van der Waals surface area contributed by atoms with Gasteiger partial charge in [-0.2, -0.15) is 0 Å². The lowest BCUT2D eigenvalue weighted by molar-refractivity contribution is -0.141. The van der Waals surface area contributed by atoms with E-state index in [1.165, 1.54) is 0 Å². The van der Waals surface area contributed by atoms with Gasteiger partial charge in [-0.3, -0.25) is 19.2 Å². The van der Waals surface area contributed by atoms with E-state index in [0.29, 0.717) is 36.0 Å². The second-order valence-corrected chi connectivity index (χ2v) is 27.1. The van der Waals surface area contributed by atoms with Crippen molar-refractivity contribution in [2.45, 2.75) is 262 Å². The Labute approximate surface area is 670 Å². The molecule has 9 nitrogen and oxygen atoms in total. The molecule has 2 heterocycles. The smallest absolute Gasteiger partial charge is 0.306 e. The van der Waals surface area contributed by atoms with E-state index >= 15 is 0 Å². The van der Waals surface area contributed by atoms with E-state index in [0.717, 1.165) is 166 Å². The number of nitrogens with zero attached hydrogens (tertiary/aromatic N) is 1. The predicted molar refractivity (Wildman–Crippen MR) is 475 cm³/mol. The molecule has 108 heavy (non-hydrogen) atoms. The maximum atomic E-state index is 12.5. The monoisotopic (exact) mass is 1580 g/mol. The summed E-state index contributed by atoms with van der Waals surface area (Å²) < 4.78 is 10.8. The summed E-state index contributed by atoms with van der Waals surface area (Å²) in [4.78, 5) is 46.5. The maximum Gasteiger partial charge on any atom is 0.306 e. The number of rotatable bonds is 54. The maximum absolute atomic E-state index is 12.5. The van der Waals surface area contributed by atoms with Crippen LogP contribution in [0.5, 0.6) is 0 Å². The molecule has 2 fully saturated rings. The lowest BCUT2D eigenvalue weighted by Gasteiger charge is -2.29. The number of aliphatic hydroxyl groups is 1. The Balaban J connectivity index is 0.00000143. The van der Waals surface area contributed by atoms with Gasteiger partial charge in [-0.15, -0.1) is 0 Å². The first-order valence-corrected chi connectivity index (χ1v) is 41.4. The number of aliphatic hydroxyl groups excluding tert-OH is 1. The second kappa shape index (κ2) is 79.8. The Morgan fingerprint density at radius 1 is 0.417 bits per heavy atom. The van der Waals surface area contributed by atoms with Gasteiger partial charge < -0.3 is 24.6 Å². The van der Waals surface area contributed by atoms with Gasteiger partial charge in [-0.25, -0.2) is 0 Å². The van der Waals surface area contributed by atoms with Crippen LogP contribution in [0.1, 0.15) is 245 Å². The van der Waals surface area contributed by atoms with E-state index in [4.69, 9.17) is 14.6 Å². The number of carbonyl (C=O) groups is 4. The zero-order valence-corrected chi connectivity index (χ0v) is 69.1. The van der Waals surface area contributed by atoms with Crippen LogP contribution in [0.15, 0.2) is 310 Å². The van der Waals surface area contributed by atoms with Crippen molar-refractivity contribution >= 4 is 46.4 Å². The lowest BCUT2D eigenvalue weighted by atomic mass is 10.0. The number of benzene rings is 1. The van der Waals surface area contributed by atoms with Crippen LogP contribution >= 0.6 is 22.6 Å². The average Bonchev–Trinajstić information content (AvgIpc) is 1.19. The Morgan fingerprint density at radius 3 is 1.02 bits per heavy atom. The minimum atomic E-state index is -0.741. The molecule has 10 heteroatoms. The van der Waals surface area contributed by atoms with Crippen molar-refractivity contribution < 1.29 is 38.9 Å². The number of cyclic esters (lactones) is 2. The normalized spacial score (nSPS) is 16.5. The highest BCUT2D eigenvalue weighted by atomic mass is 127. The number of ether oxygens (including phenoxy) is 2. The number of allylic oxidation sites excluding steroid dienone is 45. The number of aliphatic carboxylic acids is 1. The van der Waals surface area contributed by atoms with Crippen LogP contribution in [-0.4, -0.2) is 68.2 Å². The first-order chi connectivity index (χ1) is 52.9. The fraction of sp³-hybridized carbons (Fsp3) is 0.429. The molecule has 0 radical (unpaired) electrons. The first-order valence-electron chi connectivity index (χ1n) is 40.1. The minimum absolute atomic E-state index is 0.0282. The quantitative estimate of drug-likeness (QED) is 0.0217. The average molecular weight is 1590 g/mol. The molecular weight excluding hydrogens is 1450 g/mol. The van der Waals surface area contributed by atoms with E-state index in [9.17, 15) is 24.3 Å². The molecule has 3 rings (SSSR count). The van der Waals surface area contributed by atoms with Gasteiger partial charge in [0.25, 0.3) is 0 Å². The van der Waals surface area contributed by atoms with Crippen molar-refractivity contribution in [2.24, 2.45) is 0 Å². The molecule has 0 aromatic heterocycles. The molecule has 2 N–H and O–H groups in total. The first kappa shape index (κ1) is 99.8. The van der Waals surface area contributed by atoms with E-state index in [2.05, 4.69) is 299 Å². The fourth-order valence-electron chi connectivity index (χ4n) is 9.85. The van der Waals surface area contributed by atoms with Crippen molar-refractivity contribution in [2.75, 3.05) is 7.05 Å². The zero-order chi connectivity index (χ0) is 78.7. The summed E-state index contributed by atoms with van der Waals surface area (Å²) in [6, 6.07) is 9.22. The number of carbonyl (C=O) groups excluding carboxylic acids is 3. The number of hydrogen-bond acceptors (Lipinski definition) is 7. The van der Waals surface area contributed by atoms with Crippen LogP contribution in [0.4, 0.5) is 0 Å². The van der Waals surface area contributed by atoms with Gasteiger partial charge in [-0.1, -0.05) is 354 Å². The summed E-state index contributed by atoms with van der Waals surface area (Å²) in [5, 5.41) is 19.0. The van der Waals surface area contributed by atoms with Crippen LogP contribution < -0.4 is 0 Å². The van der Waals surface area contributed by atoms with Crippen LogP contribution in [0, 0.1) is 0 Å². The van der Waals surface area contributed by atoms with Crippen molar-refractivity contribution in [3.63, 3.8) is 0 Å². The third kappa shape index (κ3) is 69.5. The summed E-state index contributed by atoms with van der Waals surface area (Å²) in [6.45, 7) is 10.5. The highest BCUT2D eigenvalue weighted by molar-refractivity contribution is 14.1. The fourth-order valence-corrected chi connectivity index (χ4v) is 10.6. The van der Waals surface area contributed by atoms with Gasteiger partial charge >= 0.3 is 17.9 Å². The topological polar surface area (TPSA) is 130 Å². The molecule has 0 saturated carbocycles. The molecule has 5 atom stereocenters. The zero-order valence-electron chi connectivity index (χ0n) is 66.9. The van der Waals surface area contributed by atoms with Gasteiger partial charge in [0, 0.05) is 32.7 Å². The molecule has 1 amide bonds. The minimum Gasteiger partial charge on any atom is -0.481 e. The van der Waals surface area contributed by atoms with Crippen LogP contribution in [0.3, 0.4) is 0 Å². The molecule has 2 saturated heterocycles. The van der Waals surface area contributed by atoms with Crippen LogP contribution in [-0.2, 0) is 28.7 Å². The molecule has 2 aliphatic heterocycles. The Morgan fingerprint density at radius 2 is 0.713 bits per heavy atom. The third-order valence-corrected chi connectivity index (χ3v) is 17.5. The van der Waals surface area contributed by atoms with Crippen molar-refractivity contribution in [3.8, 4) is 0 Å². The Hall–Kier alpha value is -8.19. The summed E-state index contributed by atoms with van der Waals surface area (Å²) in [6.07, 6.45) is 127. The molecule has 590 valence electrons. The summed E-state index contributed by atoms with van der Waals surface area (Å²) in [7, 11) is 1.76. The van der Waals surface area contributed by atoms with Gasteiger partial charge in [-0.05, 0) is 192 Å². The van der Waals surface area contributed by atoms with Gasteiger partial charge in [0.1, 0.15) is 12.2 Å². The van der Waals surface area contributed by atoms with E-state index in [-0.39, 0.29) is 42.5 Å². The SMILES string of the molecule is CC/C=C\C/C=C\C/C=C\C/C=C\C/C=C\C/C=C\CCC(=O)N(C)C(C)C(O)c1ccccc1.CC/C=C\C/C=C\C/C=C\C/C=C\C/C=C\C/C=C\CCC(=O)O.CC/C=C\C/C=C\C/C=C\C/C=C\C/C=C\C=C\[C@@H]1CCC(=O)O1.CC/C=C\C/C=C\C/C=C\C/C=C\C/C=C\CC(I)[C@@H]1CCC(=O)O1. The second-order valence-electron chi connectivity index (χ2n) is 25.5. The standard InChI is InChI=1S/C32H45NO2.C22H31IO2.C22H30O2.C22H32O2/c1-4-5-6-7-8-9-10-11-12-13-14-15-16-17-18-19-20-21-25-28-31(34)33(3)29(2)32(35)30-26-23-22-24-27-30;1-2-3-4-5-6-7-8-9-10-11-12-13-14-15-16-17-20(23)21-18-19-22(24)25-21;1-2-3-4-5-6-7-8-9-10-11-12-13-14-15-16-17-18-21-19-20-22(23)24-21;1-2-3-4-5-6-7-8-9-10-11-12-13-14-15-16-17-18-19-20-21-22(23)24/h5-6,8-9,11-12,14-15,17-18,20-24,26-27,29,32,35H,4,7,10,13,16,19,25,28H2,1-3H3;3-4,6-7,9-10,12-13,15-16,20-21H,2,5,8,11,14,17-19H2,1H3;3-4,6-7,9-10,12-13,15-18,21H,2,5,8,11,14,19-20H2,1H3;3-4,6-7,9-10,12-13,15-16,18-19H,2,5,8,11,14,17,20-21H2,1H3,(H,23,24)/b6-5-,9-8-,12-11-,15-14-,18-17-,21-20-;4-3-,7-6-,10-9-,13-12-,16-15-;4-3-,7-6-,10-9-,13-12-,16-15-,18-17+;4-3-,7-6-,10-9-,13-12-,16-15-,19-18-/t;20?,21-;21-;/m.01./s1. The number of carboxylic acid groups (broad SMARTS) is 1. The highest BCUT2D eigenvalue weighted by Crippen LogP contribution is 2.25. The molecule has 1 aromatic carbocycles. The van der Waals surface area contributed by atoms with E-state index in [1.54, 1.807) is 11.9 Å². The van der Waals surface area contributed by atoms with Crippen molar-refractivity contribution in [1.82, 2.24) is 4.90 Å². The van der Waals surface area contributed by atoms with Gasteiger partial charge in [0.05, 0.1) is 16.1 Å². The number of hydrogen-bond donors (Lipinski definition) is 2. The molecule has 0 spiro atoms. The molecule has 1 aromatic rings. The van der Waals surface area contributed by atoms with Crippen LogP contribution in [0.2, 0.25) is 0 Å². The Kier molecular flexibility index (Phi) is 73.8. The third-order valence-electron chi connectivity index (χ3n) is 16.2. The number of carboxylic acids is 1. The number of halogens is 1. The number of likely N-dealkylation sites (N-methyl/N-ethyl adjacent to an activating group) is 1. The predicted octanol–water partition coefficient (Wildman–Crippen LogP) is 27.2. The molecule has 2 aliphatic rings. The largest absolute Gasteiger partial charge is 0.481 e. The number of alkyl halides is 1. The Bertz CT molecular complexity index is 3140.